The first-order valence-electron chi connectivity index (χ1n) is 5.37. The Hall–Kier alpha value is 1.06. The zero-order chi connectivity index (χ0) is 16.1. The minimum absolute atomic E-state index is 0. The number of carboxylic acid groups (broad SMARTS) is 4. The van der Waals surface area contributed by atoms with Gasteiger partial charge in [-0.25, -0.2) is 0 Å². The van der Waals surface area contributed by atoms with Crippen LogP contribution in [0.5, 0.6) is 0 Å². The molecule has 10 nitrogen and oxygen atoms in total. The van der Waals surface area contributed by atoms with Gasteiger partial charge in [-0.15, -0.1) is 0 Å². The van der Waals surface area contributed by atoms with Gasteiger partial charge >= 0.3 is 121 Å². The average Bonchev–Trinajstić information content (AvgIpc) is 2.10. The van der Waals surface area contributed by atoms with Gasteiger partial charge in [0.2, 0.25) is 0 Å². The molecule has 0 aromatic heterocycles. The molecule has 0 rings (SSSR count). The fraction of sp³-hybridized carbons (Fsp3) is 0.600. The zero-order valence-corrected chi connectivity index (χ0v) is 10.4. The summed E-state index contributed by atoms with van der Waals surface area (Å²) in [5.74, 6) is -6.06. The van der Waals surface area contributed by atoms with Crippen LogP contribution in [-0.4, -0.2) is 152 Å². The molecule has 8 N–H and O–H groups in total. The number of carbonyl (C=O) groups is 4. The molecule has 0 saturated heterocycles. The first-order valence-corrected chi connectivity index (χ1v) is 5.37. The third-order valence-electron chi connectivity index (χ3n) is 2.86. The van der Waals surface area contributed by atoms with Gasteiger partial charge in [-0.1, -0.05) is 0 Å². The Morgan fingerprint density at radius 1 is 0.609 bits per heavy atom. The second-order valence-electron chi connectivity index (χ2n) is 4.59. The molecular weight excluding hydrogens is 362 g/mol. The van der Waals surface area contributed by atoms with Crippen LogP contribution in [0.2, 0.25) is 0 Å². The van der Waals surface area contributed by atoms with E-state index in [1.54, 1.807) is 0 Å². The van der Waals surface area contributed by atoms with Crippen molar-refractivity contribution in [3.05, 3.63) is 0 Å². The van der Waals surface area contributed by atoms with Crippen LogP contribution >= 0.6 is 0 Å². The van der Waals surface area contributed by atoms with E-state index in [-0.39, 0.29) is 96.9 Å². The van der Waals surface area contributed by atoms with Gasteiger partial charge in [0.05, 0.1) is 36.8 Å². The van der Waals surface area contributed by atoms with E-state index in [4.69, 9.17) is 31.9 Å². The summed E-state index contributed by atoms with van der Waals surface area (Å²) in [4.78, 5) is 43.2. The first-order chi connectivity index (χ1) is 8.92. The third kappa shape index (κ3) is 11.3. The van der Waals surface area contributed by atoms with Crippen molar-refractivity contribution in [2.45, 2.75) is 36.8 Å². The third-order valence-corrected chi connectivity index (χ3v) is 2.86. The summed E-state index contributed by atoms with van der Waals surface area (Å²) in [5, 5.41) is 35.1. The van der Waals surface area contributed by atoms with E-state index in [9.17, 15) is 19.2 Å². The predicted octanol–water partition coefficient (Wildman–Crippen LogP) is -3.93. The molecule has 0 radical (unpaired) electrons. The predicted molar refractivity (Wildman–Crippen MR) is 85.7 cm³/mol. The van der Waals surface area contributed by atoms with Crippen molar-refractivity contribution in [1.29, 1.82) is 0 Å². The fourth-order valence-corrected chi connectivity index (χ4v) is 1.91. The molecule has 0 saturated carbocycles. The Balaban J connectivity index is -0.000000602. The summed E-state index contributed by atoms with van der Waals surface area (Å²) in [6.07, 6.45) is -3.90. The van der Waals surface area contributed by atoms with Crippen molar-refractivity contribution in [3.8, 4) is 0 Å². The van der Waals surface area contributed by atoms with Crippen molar-refractivity contribution < 1.29 is 39.6 Å². The molecule has 122 valence electrons. The van der Waals surface area contributed by atoms with Gasteiger partial charge in [-0.05, 0) is 0 Å². The molecule has 0 aromatic rings. The van der Waals surface area contributed by atoms with E-state index < -0.39 is 60.6 Å². The molecule has 13 heteroatoms. The van der Waals surface area contributed by atoms with Crippen molar-refractivity contribution in [2.75, 3.05) is 0 Å². The van der Waals surface area contributed by atoms with Crippen molar-refractivity contribution in [2.24, 2.45) is 11.5 Å². The number of nitrogens with two attached hydrogens (primary N) is 2. The summed E-state index contributed by atoms with van der Waals surface area (Å²) in [5.41, 5.74) is 6.88. The number of hydrogen-bond donors (Lipinski definition) is 6. The molecule has 0 amide bonds. The van der Waals surface area contributed by atoms with Gasteiger partial charge in [0.15, 0.2) is 0 Å². The molecule has 0 heterocycles. The molecule has 0 fully saturated rings. The number of aliphatic carboxylic acids is 4. The molecule has 0 aliphatic carbocycles. The molecule has 0 bridgehead atoms. The summed E-state index contributed by atoms with van der Waals surface area (Å²) in [6.45, 7) is 0. The van der Waals surface area contributed by atoms with E-state index in [1.165, 1.54) is 0 Å². The summed E-state index contributed by atoms with van der Waals surface area (Å²) in [6, 6.07) is 0. The van der Waals surface area contributed by atoms with Crippen molar-refractivity contribution >= 4 is 121 Å². The number of hydrogen-bond acceptors (Lipinski definition) is 6. The van der Waals surface area contributed by atoms with Crippen LogP contribution in [0.15, 0.2) is 0 Å². The van der Waals surface area contributed by atoms with Crippen LogP contribution in [0, 0.1) is 0 Å². The van der Waals surface area contributed by atoms with Crippen LogP contribution < -0.4 is 11.5 Å². The second kappa shape index (κ2) is 13.3. The Morgan fingerprint density at radius 2 is 0.739 bits per heavy atom. The van der Waals surface area contributed by atoms with E-state index >= 15 is 0 Å². The van der Waals surface area contributed by atoms with Crippen molar-refractivity contribution in [3.63, 3.8) is 0 Å². The maximum absolute atomic E-state index is 10.8. The van der Waals surface area contributed by atoms with Crippen LogP contribution in [0.4, 0.5) is 0 Å². The molecule has 0 unspecified atom stereocenters. The molecule has 0 spiro atoms. The molecule has 0 aliphatic rings. The van der Waals surface area contributed by atoms with Gasteiger partial charge in [-0.2, -0.15) is 0 Å². The van der Waals surface area contributed by atoms with Gasteiger partial charge in [0.25, 0.3) is 0 Å². The summed E-state index contributed by atoms with van der Waals surface area (Å²) in [7, 11) is 0. The standard InChI is InChI=1S/C10H16N2O8.Ca.2Na.4H/c11-9(1-5(13)14,2-6(15)16)10(12,3-7(17)18)4-8(19)20;;;;;;;/h1-4,11-12H2,(H,13,14)(H,15,16)(H,17,18)(H,19,20);;;;;;;. The average molecular weight is 382 g/mol. The zero-order valence-electron chi connectivity index (χ0n) is 10.4. The maximum atomic E-state index is 10.8. The molecular formula is C10H20CaN2Na2O8. The monoisotopic (exact) mass is 382 g/mol. The van der Waals surface area contributed by atoms with E-state index in [0.29, 0.717) is 0 Å². The Morgan fingerprint density at radius 3 is 0.826 bits per heavy atom. The Bertz CT molecular complexity index is 377. The van der Waals surface area contributed by atoms with Gasteiger partial charge in [0, 0.05) is 0 Å². The van der Waals surface area contributed by atoms with Crippen LogP contribution in [0.3, 0.4) is 0 Å². The van der Waals surface area contributed by atoms with Crippen molar-refractivity contribution in [1.82, 2.24) is 0 Å². The van der Waals surface area contributed by atoms with E-state index in [0.717, 1.165) is 0 Å². The molecule has 23 heavy (non-hydrogen) atoms. The Labute approximate surface area is 205 Å². The SMILES string of the molecule is NC(CC(=O)O)(CC(=O)O)C(N)(CC(=O)O)CC(=O)O.[CaH2].[NaH].[NaH]. The van der Waals surface area contributed by atoms with Gasteiger partial charge in [0.1, 0.15) is 0 Å². The minimum atomic E-state index is -2.22. The summed E-state index contributed by atoms with van der Waals surface area (Å²) < 4.78 is 0. The van der Waals surface area contributed by atoms with Crippen LogP contribution in [-0.2, 0) is 19.2 Å². The second-order valence-corrected chi connectivity index (χ2v) is 4.59. The van der Waals surface area contributed by atoms with Gasteiger partial charge < -0.3 is 31.9 Å². The van der Waals surface area contributed by atoms with E-state index in [1.807, 2.05) is 0 Å². The van der Waals surface area contributed by atoms with Crippen LogP contribution in [0.1, 0.15) is 25.7 Å². The molecule has 0 aliphatic heterocycles. The summed E-state index contributed by atoms with van der Waals surface area (Å²) >= 11 is 0. The topological polar surface area (TPSA) is 201 Å². The fourth-order valence-electron chi connectivity index (χ4n) is 1.91. The molecule has 0 atom stereocenters. The van der Waals surface area contributed by atoms with Gasteiger partial charge in [-0.3, -0.25) is 19.2 Å². The Kier molecular flexibility index (Phi) is 18.4. The van der Waals surface area contributed by atoms with E-state index in [2.05, 4.69) is 0 Å². The quantitative estimate of drug-likeness (QED) is 0.214. The first kappa shape index (κ1) is 31.8. The normalized spacial score (nSPS) is 10.3. The number of rotatable bonds is 9. The number of carboxylic acids is 4. The molecule has 0 aromatic carbocycles. The van der Waals surface area contributed by atoms with Crippen LogP contribution in [0.25, 0.3) is 0 Å².